The maximum absolute atomic E-state index is 10.5. The molecule has 53 heavy (non-hydrogen) atoms. The molecule has 0 saturated carbocycles. The highest BCUT2D eigenvalue weighted by Crippen LogP contribution is 2.24. The Bertz CT molecular complexity index is 2150. The number of fused-ring (bicyclic) bond motifs is 1. The Labute approximate surface area is 309 Å². The van der Waals surface area contributed by atoms with Gasteiger partial charge in [0.05, 0.1) is 10.4 Å². The van der Waals surface area contributed by atoms with Gasteiger partial charge in [-0.3, -0.25) is 14.9 Å². The first-order valence-corrected chi connectivity index (χ1v) is 16.0. The molecule has 7 rings (SSSR count). The number of imidazole rings is 1. The molecule has 3 N–H and O–H groups in total. The molecule has 11 heteroatoms. The number of nitrogens with zero attached hydrogens (tertiary/aromatic N) is 4. The smallest absolute Gasteiger partial charge is 0.314 e. The van der Waals surface area contributed by atoms with E-state index in [1.54, 1.807) is 43.5 Å². The largest absolute Gasteiger partial charge is 0.489 e. The Balaban J connectivity index is 0.000000227. The lowest BCUT2D eigenvalue weighted by atomic mass is 10.2. The van der Waals surface area contributed by atoms with Gasteiger partial charge in [-0.1, -0.05) is 75.5 Å². The van der Waals surface area contributed by atoms with E-state index >= 15 is 0 Å². The fraction of sp³-hybridized carbons (Fsp3) is 0.143. The van der Waals surface area contributed by atoms with Crippen LogP contribution in [-0.4, -0.2) is 31.1 Å². The van der Waals surface area contributed by atoms with Crippen LogP contribution in [0.5, 0.6) is 11.5 Å². The van der Waals surface area contributed by atoms with Crippen LogP contribution >= 0.6 is 0 Å². The minimum Gasteiger partial charge on any atom is -0.489 e. The van der Waals surface area contributed by atoms with Gasteiger partial charge < -0.3 is 20.2 Å². The molecular formula is C42H44N6O5. The Morgan fingerprint density at radius 1 is 0.717 bits per heavy atom. The summed E-state index contributed by atoms with van der Waals surface area (Å²) in [5.41, 5.74) is 12.5. The summed E-state index contributed by atoms with van der Waals surface area (Å²) in [5, 5.41) is 10.3. The van der Waals surface area contributed by atoms with Gasteiger partial charge in [-0.2, -0.15) is 0 Å². The zero-order valence-corrected chi connectivity index (χ0v) is 28.1. The number of benzene rings is 4. The van der Waals surface area contributed by atoms with Crippen molar-refractivity contribution >= 4 is 29.0 Å². The number of aryl methyl sites for hydroxylation is 2. The third-order valence-corrected chi connectivity index (χ3v) is 7.58. The Kier molecular flexibility index (Phi) is 15.4. The van der Waals surface area contributed by atoms with Crippen molar-refractivity contribution < 1.29 is 19.2 Å². The third-order valence-electron chi connectivity index (χ3n) is 7.58. The summed E-state index contributed by atoms with van der Waals surface area (Å²) in [4.78, 5) is 36.1. The number of carbonyl (C=O) groups is 1. The highest BCUT2D eigenvalue weighted by Gasteiger charge is 2.14. The SMILES string of the molecule is C.C.Cc1ccnc(N)c1[N+](=O)[O-].Cc1ccnc2nc(-c3ccc(OCc4ccccc4)cc3)[nH]c12.O=Cc1ccc(OCc2ccccc2)cc1. The van der Waals surface area contributed by atoms with Crippen molar-refractivity contribution in [2.24, 2.45) is 0 Å². The third kappa shape index (κ3) is 11.6. The Morgan fingerprint density at radius 2 is 1.23 bits per heavy atom. The first kappa shape index (κ1) is 40.5. The molecule has 0 amide bonds. The van der Waals surface area contributed by atoms with Crippen LogP contribution in [0.15, 0.2) is 134 Å². The predicted molar refractivity (Wildman–Crippen MR) is 211 cm³/mol. The van der Waals surface area contributed by atoms with E-state index in [4.69, 9.17) is 15.2 Å². The van der Waals surface area contributed by atoms with E-state index in [1.165, 1.54) is 6.20 Å². The number of anilines is 1. The van der Waals surface area contributed by atoms with Gasteiger partial charge >= 0.3 is 5.69 Å². The van der Waals surface area contributed by atoms with Gasteiger partial charge in [-0.15, -0.1) is 0 Å². The van der Waals surface area contributed by atoms with Crippen molar-refractivity contribution in [1.82, 2.24) is 19.9 Å². The van der Waals surface area contributed by atoms with E-state index in [0.717, 1.165) is 57.0 Å². The van der Waals surface area contributed by atoms with E-state index < -0.39 is 4.92 Å². The summed E-state index contributed by atoms with van der Waals surface area (Å²) in [5.74, 6) is 2.40. The first-order chi connectivity index (χ1) is 24.8. The van der Waals surface area contributed by atoms with Gasteiger partial charge in [0.2, 0.25) is 5.82 Å². The number of ether oxygens (including phenoxy) is 2. The Morgan fingerprint density at radius 3 is 1.70 bits per heavy atom. The number of aromatic amines is 1. The fourth-order valence-electron chi connectivity index (χ4n) is 4.81. The minimum atomic E-state index is -0.530. The van der Waals surface area contributed by atoms with Gasteiger partial charge in [-0.25, -0.2) is 15.0 Å². The molecule has 0 unspecified atom stereocenters. The van der Waals surface area contributed by atoms with Gasteiger partial charge in [0, 0.05) is 29.1 Å². The number of rotatable bonds is 9. The molecule has 0 aliphatic carbocycles. The summed E-state index contributed by atoms with van der Waals surface area (Å²) in [6, 6.07) is 38.7. The molecule has 0 aliphatic heterocycles. The predicted octanol–water partition coefficient (Wildman–Crippen LogP) is 9.74. The number of aldehydes is 1. The Hall–Kier alpha value is -6.88. The lowest BCUT2D eigenvalue weighted by Crippen LogP contribution is -1.99. The average molecular weight is 713 g/mol. The standard InChI is InChI=1S/C20H17N3O.C14H12O2.C6H7N3O2.2CH4/c1-14-11-12-21-20-18(14)22-19(23-20)16-7-9-17(10-8-16)24-13-15-5-3-2-4-6-15;15-10-12-6-8-14(9-7-12)16-11-13-4-2-1-3-5-13;1-4-2-3-8-6(7)5(4)9(10)11;;/h2-12H,13H2,1H3,(H,21,22,23);1-10H,11H2;2-3H,1H3,(H2,7,8);2*1H4. The van der Waals surface area contributed by atoms with Gasteiger partial charge in [0.25, 0.3) is 0 Å². The number of hydrogen-bond donors (Lipinski definition) is 2. The molecular weight excluding hydrogens is 668 g/mol. The van der Waals surface area contributed by atoms with Crippen molar-refractivity contribution in [3.05, 3.63) is 172 Å². The number of hydrogen-bond acceptors (Lipinski definition) is 9. The van der Waals surface area contributed by atoms with E-state index in [1.807, 2.05) is 85.8 Å². The van der Waals surface area contributed by atoms with Crippen LogP contribution in [0.2, 0.25) is 0 Å². The van der Waals surface area contributed by atoms with Crippen molar-refractivity contribution in [3.63, 3.8) is 0 Å². The van der Waals surface area contributed by atoms with Crippen LogP contribution in [0, 0.1) is 24.0 Å². The van der Waals surface area contributed by atoms with E-state index in [2.05, 4.69) is 32.1 Å². The van der Waals surface area contributed by atoms with Crippen molar-refractivity contribution in [1.29, 1.82) is 0 Å². The topological polar surface area (TPSA) is 159 Å². The summed E-state index contributed by atoms with van der Waals surface area (Å²) < 4.78 is 11.4. The second-order valence-electron chi connectivity index (χ2n) is 11.3. The normalized spacial score (nSPS) is 9.85. The number of nitrogens with one attached hydrogen (secondary N) is 1. The van der Waals surface area contributed by atoms with Crippen molar-refractivity contribution in [3.8, 4) is 22.9 Å². The molecule has 3 aromatic heterocycles. The van der Waals surface area contributed by atoms with Gasteiger partial charge in [0.1, 0.15) is 36.8 Å². The van der Waals surface area contributed by atoms with E-state index in [-0.39, 0.29) is 26.4 Å². The highest BCUT2D eigenvalue weighted by atomic mass is 16.6. The van der Waals surface area contributed by atoms with Gasteiger partial charge in [0.15, 0.2) is 5.65 Å². The van der Waals surface area contributed by atoms with Crippen LogP contribution in [-0.2, 0) is 13.2 Å². The van der Waals surface area contributed by atoms with Gasteiger partial charge in [-0.05, 0) is 91.2 Å². The molecule has 0 spiro atoms. The number of nitrogens with two attached hydrogens (primary N) is 1. The second kappa shape index (κ2) is 20.1. The van der Waals surface area contributed by atoms with Crippen molar-refractivity contribution in [2.75, 3.05) is 5.73 Å². The lowest BCUT2D eigenvalue weighted by molar-refractivity contribution is -0.384. The van der Waals surface area contributed by atoms with Crippen LogP contribution in [0.3, 0.4) is 0 Å². The second-order valence-corrected chi connectivity index (χ2v) is 11.3. The quantitative estimate of drug-likeness (QED) is 0.0844. The summed E-state index contributed by atoms with van der Waals surface area (Å²) in [7, 11) is 0. The van der Waals surface area contributed by atoms with E-state index in [0.29, 0.717) is 24.3 Å². The number of nitrogen functional groups attached to an aromatic ring is 1. The summed E-state index contributed by atoms with van der Waals surface area (Å²) in [6.45, 7) is 4.78. The average Bonchev–Trinajstić information content (AvgIpc) is 3.61. The van der Waals surface area contributed by atoms with Crippen LogP contribution in [0.1, 0.15) is 47.5 Å². The zero-order chi connectivity index (χ0) is 36.0. The molecule has 4 aromatic carbocycles. The summed E-state index contributed by atoms with van der Waals surface area (Å²) in [6.07, 6.45) is 4.04. The van der Waals surface area contributed by atoms with Crippen LogP contribution < -0.4 is 15.2 Å². The molecule has 7 aromatic rings. The fourth-order valence-corrected chi connectivity index (χ4v) is 4.81. The van der Waals surface area contributed by atoms with Crippen molar-refractivity contribution in [2.45, 2.75) is 41.9 Å². The molecule has 11 nitrogen and oxygen atoms in total. The molecule has 0 aliphatic rings. The first-order valence-electron chi connectivity index (χ1n) is 16.0. The zero-order valence-electron chi connectivity index (χ0n) is 28.1. The highest BCUT2D eigenvalue weighted by molar-refractivity contribution is 5.78. The van der Waals surface area contributed by atoms with Crippen LogP contribution in [0.25, 0.3) is 22.6 Å². The number of aromatic nitrogens is 4. The number of pyridine rings is 2. The summed E-state index contributed by atoms with van der Waals surface area (Å²) >= 11 is 0. The molecule has 0 saturated heterocycles. The van der Waals surface area contributed by atoms with Crippen LogP contribution in [0.4, 0.5) is 11.5 Å². The number of carbonyl (C=O) groups excluding carboxylic acids is 1. The maximum atomic E-state index is 10.5. The minimum absolute atomic E-state index is 0. The molecule has 272 valence electrons. The monoisotopic (exact) mass is 712 g/mol. The molecule has 3 heterocycles. The number of nitro groups is 1. The molecule has 0 atom stereocenters. The lowest BCUT2D eigenvalue weighted by Gasteiger charge is -2.06. The molecule has 0 bridgehead atoms. The molecule has 0 radical (unpaired) electrons. The maximum Gasteiger partial charge on any atom is 0.314 e. The number of H-pyrrole nitrogens is 1. The van der Waals surface area contributed by atoms with E-state index in [9.17, 15) is 14.9 Å². The molecule has 0 fully saturated rings.